The Morgan fingerprint density at radius 2 is 1.68 bits per heavy atom. The summed E-state index contributed by atoms with van der Waals surface area (Å²) in [6.07, 6.45) is 0. The minimum atomic E-state index is -0.155. The monoisotopic (exact) mass is 384 g/mol. The molecule has 28 heavy (non-hydrogen) atoms. The van der Waals surface area contributed by atoms with E-state index in [-0.39, 0.29) is 24.9 Å². The van der Waals surface area contributed by atoms with E-state index < -0.39 is 0 Å². The van der Waals surface area contributed by atoms with E-state index in [0.29, 0.717) is 17.4 Å². The van der Waals surface area contributed by atoms with E-state index in [1.807, 2.05) is 44.3 Å². The van der Waals surface area contributed by atoms with Gasteiger partial charge in [0, 0.05) is 17.4 Å². The summed E-state index contributed by atoms with van der Waals surface area (Å²) >= 11 is 0. The molecule has 2 aromatic rings. The fraction of sp³-hybridized carbons (Fsp3) is 0.364. The van der Waals surface area contributed by atoms with E-state index in [4.69, 9.17) is 4.74 Å². The first-order chi connectivity index (χ1) is 13.3. The average Bonchev–Trinajstić information content (AvgIpc) is 2.62. The van der Waals surface area contributed by atoms with Crippen LogP contribution in [0.3, 0.4) is 0 Å². The fourth-order valence-corrected chi connectivity index (χ4v) is 3.04. The maximum atomic E-state index is 12.5. The van der Waals surface area contributed by atoms with E-state index in [1.54, 1.807) is 19.2 Å². The molecule has 0 aliphatic heterocycles. The van der Waals surface area contributed by atoms with Crippen molar-refractivity contribution in [1.82, 2.24) is 0 Å². The Balaban J connectivity index is 1.91. The number of methoxy groups -OCH3 is 1. The molecule has 0 radical (unpaired) electrons. The normalized spacial score (nSPS) is 11.8. The number of anilines is 2. The number of rotatable bonds is 8. The van der Waals surface area contributed by atoms with Crippen LogP contribution >= 0.6 is 0 Å². The van der Waals surface area contributed by atoms with E-state index in [0.717, 1.165) is 21.7 Å². The molecule has 0 heterocycles. The molecule has 1 atom stereocenters. The Morgan fingerprint density at radius 1 is 1.04 bits per heavy atom. The highest BCUT2D eigenvalue weighted by Gasteiger charge is 2.17. The lowest BCUT2D eigenvalue weighted by Gasteiger charge is -2.18. The van der Waals surface area contributed by atoms with Crippen LogP contribution in [0.15, 0.2) is 42.5 Å². The van der Waals surface area contributed by atoms with Gasteiger partial charge in [-0.3, -0.25) is 9.59 Å². The Kier molecular flexibility index (Phi) is 7.58. The second-order valence-corrected chi connectivity index (χ2v) is 7.33. The Labute approximate surface area is 166 Å². The molecule has 0 spiro atoms. The van der Waals surface area contributed by atoms with Crippen molar-refractivity contribution in [3.05, 3.63) is 53.6 Å². The minimum absolute atomic E-state index is 0.108. The molecule has 0 aliphatic carbocycles. The molecule has 2 aromatic carbocycles. The van der Waals surface area contributed by atoms with Gasteiger partial charge in [0.25, 0.3) is 11.8 Å². The topological polar surface area (TPSA) is 71.9 Å². The molecule has 2 rings (SSSR count). The summed E-state index contributed by atoms with van der Waals surface area (Å²) in [5, 5.41) is 5.85. The zero-order valence-electron chi connectivity index (χ0n) is 17.3. The molecule has 0 saturated heterocycles. The van der Waals surface area contributed by atoms with Gasteiger partial charge in [-0.25, -0.2) is 0 Å². The first-order valence-corrected chi connectivity index (χ1v) is 9.44. The number of hydrogen-bond acceptors (Lipinski definition) is 3. The summed E-state index contributed by atoms with van der Waals surface area (Å²) < 4.78 is 5.15. The van der Waals surface area contributed by atoms with Crippen molar-refractivity contribution in [3.8, 4) is 5.75 Å². The number of carbonyl (C=O) groups is 2. The molecular weight excluding hydrogens is 354 g/mol. The van der Waals surface area contributed by atoms with Crippen LogP contribution in [0.4, 0.5) is 11.4 Å². The van der Waals surface area contributed by atoms with Gasteiger partial charge < -0.3 is 20.3 Å². The highest BCUT2D eigenvalue weighted by atomic mass is 16.5. The smallest absolute Gasteiger partial charge is 0.279 e. The third kappa shape index (κ3) is 6.09. The summed E-state index contributed by atoms with van der Waals surface area (Å²) in [5.74, 6) is 0.728. The lowest BCUT2D eigenvalue weighted by Crippen LogP contribution is -3.11. The molecular formula is C22H30N3O3+. The van der Waals surface area contributed by atoms with Gasteiger partial charge in [-0.15, -0.1) is 0 Å². The van der Waals surface area contributed by atoms with Gasteiger partial charge in [0.05, 0.1) is 14.2 Å². The van der Waals surface area contributed by atoms with Gasteiger partial charge in [0.1, 0.15) is 5.75 Å². The van der Waals surface area contributed by atoms with Crippen molar-refractivity contribution in [2.75, 3.05) is 37.9 Å². The molecule has 0 fully saturated rings. The van der Waals surface area contributed by atoms with Gasteiger partial charge in [-0.1, -0.05) is 38.1 Å². The summed E-state index contributed by atoms with van der Waals surface area (Å²) in [4.78, 5) is 25.6. The molecule has 0 saturated carbocycles. The van der Waals surface area contributed by atoms with Crippen molar-refractivity contribution in [1.29, 1.82) is 0 Å². The van der Waals surface area contributed by atoms with Crippen LogP contribution in [0, 0.1) is 6.92 Å². The molecule has 3 N–H and O–H groups in total. The van der Waals surface area contributed by atoms with Crippen molar-refractivity contribution in [3.63, 3.8) is 0 Å². The Bertz CT molecular complexity index is 834. The first kappa shape index (κ1) is 21.4. The summed E-state index contributed by atoms with van der Waals surface area (Å²) in [5.41, 5.74) is 3.69. The number of quaternary nitrogens is 1. The number of amides is 2. The quantitative estimate of drug-likeness (QED) is 0.654. The van der Waals surface area contributed by atoms with E-state index in [9.17, 15) is 9.59 Å². The van der Waals surface area contributed by atoms with Crippen LogP contribution in [-0.2, 0) is 9.59 Å². The Hall–Kier alpha value is -2.86. The standard InChI is InChI=1S/C22H29N3O3/c1-15(2)19-11-6-8-16(3)22(19)24-21(27)14-25(4)13-20(26)23-17-9-7-10-18(12-17)28-5/h6-12,15H,13-14H2,1-5H3,(H,23,26)(H,24,27)/p+1. The number of para-hydroxylation sites is 1. The second-order valence-electron chi connectivity index (χ2n) is 7.33. The van der Waals surface area contributed by atoms with Crippen LogP contribution in [0.2, 0.25) is 0 Å². The molecule has 1 unspecified atom stereocenters. The number of benzene rings is 2. The highest BCUT2D eigenvalue weighted by Crippen LogP contribution is 2.27. The molecule has 6 heteroatoms. The van der Waals surface area contributed by atoms with Gasteiger partial charge in [0.15, 0.2) is 13.1 Å². The van der Waals surface area contributed by atoms with Crippen LogP contribution in [0.1, 0.15) is 30.9 Å². The predicted octanol–water partition coefficient (Wildman–Crippen LogP) is 2.22. The van der Waals surface area contributed by atoms with Crippen LogP contribution in [0.5, 0.6) is 5.75 Å². The minimum Gasteiger partial charge on any atom is -0.497 e. The zero-order chi connectivity index (χ0) is 20.7. The summed E-state index contributed by atoms with van der Waals surface area (Å²) in [6.45, 7) is 6.59. The predicted molar refractivity (Wildman–Crippen MR) is 112 cm³/mol. The lowest BCUT2D eigenvalue weighted by molar-refractivity contribution is -0.862. The van der Waals surface area contributed by atoms with E-state index >= 15 is 0 Å². The second kappa shape index (κ2) is 9.90. The molecule has 0 bridgehead atoms. The number of nitrogens with one attached hydrogen (secondary N) is 3. The number of hydrogen-bond donors (Lipinski definition) is 3. The van der Waals surface area contributed by atoms with E-state index in [2.05, 4.69) is 24.5 Å². The number of likely N-dealkylation sites (N-methyl/N-ethyl adjacent to an activating group) is 1. The van der Waals surface area contributed by atoms with Crippen LogP contribution < -0.4 is 20.3 Å². The molecule has 2 amide bonds. The highest BCUT2D eigenvalue weighted by molar-refractivity contribution is 5.94. The first-order valence-electron chi connectivity index (χ1n) is 9.44. The molecule has 0 aliphatic rings. The maximum absolute atomic E-state index is 12.5. The average molecular weight is 385 g/mol. The fourth-order valence-electron chi connectivity index (χ4n) is 3.04. The van der Waals surface area contributed by atoms with Crippen molar-refractivity contribution in [2.24, 2.45) is 0 Å². The van der Waals surface area contributed by atoms with Crippen LogP contribution in [0.25, 0.3) is 0 Å². The van der Waals surface area contributed by atoms with Crippen molar-refractivity contribution in [2.45, 2.75) is 26.7 Å². The third-order valence-electron chi connectivity index (χ3n) is 4.47. The SMILES string of the molecule is COc1cccc(NC(=O)C[NH+](C)CC(=O)Nc2c(C)cccc2C(C)C)c1. The van der Waals surface area contributed by atoms with Gasteiger partial charge in [0.2, 0.25) is 0 Å². The summed E-state index contributed by atoms with van der Waals surface area (Å²) in [7, 11) is 3.41. The zero-order valence-corrected chi connectivity index (χ0v) is 17.3. The van der Waals surface area contributed by atoms with Gasteiger partial charge in [-0.2, -0.15) is 0 Å². The number of carbonyl (C=O) groups excluding carboxylic acids is 2. The van der Waals surface area contributed by atoms with Crippen molar-refractivity contribution < 1.29 is 19.2 Å². The van der Waals surface area contributed by atoms with Crippen molar-refractivity contribution >= 4 is 23.2 Å². The lowest BCUT2D eigenvalue weighted by atomic mass is 9.98. The summed E-state index contributed by atoms with van der Waals surface area (Å²) in [6, 6.07) is 13.2. The van der Waals surface area contributed by atoms with E-state index in [1.165, 1.54) is 0 Å². The number of ether oxygens (including phenoxy) is 1. The van der Waals surface area contributed by atoms with Gasteiger partial charge in [-0.05, 0) is 36.1 Å². The molecule has 6 nitrogen and oxygen atoms in total. The maximum Gasteiger partial charge on any atom is 0.279 e. The van der Waals surface area contributed by atoms with Gasteiger partial charge >= 0.3 is 0 Å². The Morgan fingerprint density at radius 3 is 2.32 bits per heavy atom. The molecule has 150 valence electrons. The molecule has 0 aromatic heterocycles. The largest absolute Gasteiger partial charge is 0.497 e. The number of aryl methyl sites for hydroxylation is 1. The third-order valence-corrected chi connectivity index (χ3v) is 4.47. The van der Waals surface area contributed by atoms with Crippen LogP contribution in [-0.4, -0.2) is 39.1 Å².